The van der Waals surface area contributed by atoms with Crippen LogP contribution in [0, 0.1) is 0 Å². The fraction of sp³-hybridized carbons (Fsp3) is 0.444. The summed E-state index contributed by atoms with van der Waals surface area (Å²) < 4.78 is 3.16. The Morgan fingerprint density at radius 3 is 2.79 bits per heavy atom. The number of halogens is 1. The first-order valence-corrected chi connectivity index (χ1v) is 9.12. The van der Waals surface area contributed by atoms with Gasteiger partial charge in [0.25, 0.3) is 0 Å². The highest BCUT2D eigenvalue weighted by Crippen LogP contribution is 2.20. The molecule has 24 heavy (non-hydrogen) atoms. The fourth-order valence-corrected chi connectivity index (χ4v) is 3.52. The van der Waals surface area contributed by atoms with Crippen LogP contribution in [-0.4, -0.2) is 39.5 Å². The number of carbonyl (C=O) groups is 1. The van der Waals surface area contributed by atoms with Crippen molar-refractivity contribution in [1.82, 2.24) is 19.8 Å². The van der Waals surface area contributed by atoms with Crippen molar-refractivity contribution >= 4 is 21.8 Å². The third-order valence-electron chi connectivity index (χ3n) is 4.72. The maximum atomic E-state index is 12.5. The lowest BCUT2D eigenvalue weighted by molar-refractivity contribution is -0.126. The number of aromatic nitrogens is 2. The quantitative estimate of drug-likeness (QED) is 0.853. The maximum absolute atomic E-state index is 12.5. The molecule has 6 heteroatoms. The molecule has 5 nitrogen and oxygen atoms in total. The second kappa shape index (κ2) is 7.49. The molecule has 2 aromatic rings. The molecule has 0 saturated carbocycles. The van der Waals surface area contributed by atoms with E-state index < -0.39 is 0 Å². The van der Waals surface area contributed by atoms with Gasteiger partial charge in [-0.3, -0.25) is 9.69 Å². The van der Waals surface area contributed by atoms with E-state index in [1.54, 1.807) is 0 Å². The van der Waals surface area contributed by atoms with Gasteiger partial charge in [-0.05, 0) is 34.3 Å². The standard InChI is InChI=1S/C18H23BrN4O/c1-13(15-6-4-3-5-7-15)10-21-18(24)14(2)22-8-9-23-16(19)11-20-17(23)12-22/h3-7,11,13-14H,8-10,12H2,1-2H3,(H,21,24)/t13-,14+/m0/s1. The molecule has 0 saturated heterocycles. The van der Waals surface area contributed by atoms with Gasteiger partial charge in [0, 0.05) is 19.6 Å². The lowest BCUT2D eigenvalue weighted by Gasteiger charge is -2.32. The molecule has 0 unspecified atom stereocenters. The van der Waals surface area contributed by atoms with Crippen LogP contribution < -0.4 is 5.32 Å². The van der Waals surface area contributed by atoms with Crippen LogP contribution in [0.15, 0.2) is 41.1 Å². The van der Waals surface area contributed by atoms with Gasteiger partial charge in [-0.2, -0.15) is 0 Å². The third-order valence-corrected chi connectivity index (χ3v) is 5.36. The Morgan fingerprint density at radius 1 is 1.29 bits per heavy atom. The highest BCUT2D eigenvalue weighted by molar-refractivity contribution is 9.10. The number of amides is 1. The number of nitrogens with zero attached hydrogens (tertiary/aromatic N) is 3. The van der Waals surface area contributed by atoms with Gasteiger partial charge in [-0.15, -0.1) is 0 Å². The Morgan fingerprint density at radius 2 is 2.04 bits per heavy atom. The zero-order chi connectivity index (χ0) is 17.1. The van der Waals surface area contributed by atoms with Crippen molar-refractivity contribution in [2.24, 2.45) is 0 Å². The topological polar surface area (TPSA) is 50.2 Å². The van der Waals surface area contributed by atoms with E-state index in [-0.39, 0.29) is 11.9 Å². The van der Waals surface area contributed by atoms with Gasteiger partial charge in [0.2, 0.25) is 5.91 Å². The number of rotatable bonds is 5. The number of hydrogen-bond donors (Lipinski definition) is 1. The largest absolute Gasteiger partial charge is 0.354 e. The number of hydrogen-bond acceptors (Lipinski definition) is 3. The number of fused-ring (bicyclic) bond motifs is 1. The molecule has 0 aliphatic carbocycles. The van der Waals surface area contributed by atoms with Crippen molar-refractivity contribution in [2.45, 2.75) is 38.9 Å². The van der Waals surface area contributed by atoms with Crippen molar-refractivity contribution in [3.63, 3.8) is 0 Å². The highest BCUT2D eigenvalue weighted by atomic mass is 79.9. The normalized spacial score (nSPS) is 17.1. The van der Waals surface area contributed by atoms with Gasteiger partial charge in [0.05, 0.1) is 18.8 Å². The van der Waals surface area contributed by atoms with Crippen molar-refractivity contribution in [3.05, 3.63) is 52.5 Å². The first-order chi connectivity index (χ1) is 11.6. The van der Waals surface area contributed by atoms with E-state index in [1.807, 2.05) is 31.3 Å². The molecule has 1 amide bonds. The van der Waals surface area contributed by atoms with Crippen molar-refractivity contribution in [3.8, 4) is 0 Å². The summed E-state index contributed by atoms with van der Waals surface area (Å²) in [5.74, 6) is 1.39. The minimum Gasteiger partial charge on any atom is -0.354 e. The fourth-order valence-electron chi connectivity index (χ4n) is 3.04. The van der Waals surface area contributed by atoms with E-state index in [9.17, 15) is 4.79 Å². The predicted molar refractivity (Wildman–Crippen MR) is 97.7 cm³/mol. The lowest BCUT2D eigenvalue weighted by atomic mass is 10.0. The molecule has 0 radical (unpaired) electrons. The highest BCUT2D eigenvalue weighted by Gasteiger charge is 2.26. The number of carbonyl (C=O) groups excluding carboxylic acids is 1. The second-order valence-electron chi connectivity index (χ2n) is 6.35. The molecule has 1 aromatic carbocycles. The van der Waals surface area contributed by atoms with E-state index >= 15 is 0 Å². The Bertz CT molecular complexity index is 700. The third kappa shape index (κ3) is 3.70. The van der Waals surface area contributed by atoms with Crippen LogP contribution in [0.2, 0.25) is 0 Å². The Kier molecular flexibility index (Phi) is 5.36. The van der Waals surface area contributed by atoms with Gasteiger partial charge in [0.1, 0.15) is 10.4 Å². The number of imidazole rings is 1. The Labute approximate surface area is 151 Å². The summed E-state index contributed by atoms with van der Waals surface area (Å²) >= 11 is 3.50. The van der Waals surface area contributed by atoms with E-state index in [2.05, 4.69) is 54.8 Å². The summed E-state index contributed by atoms with van der Waals surface area (Å²) in [6.45, 7) is 7.17. The molecular formula is C18H23BrN4O. The maximum Gasteiger partial charge on any atom is 0.237 e. The van der Waals surface area contributed by atoms with Crippen LogP contribution >= 0.6 is 15.9 Å². The molecule has 1 N–H and O–H groups in total. The summed E-state index contributed by atoms with van der Waals surface area (Å²) in [6.07, 6.45) is 1.82. The van der Waals surface area contributed by atoms with Crippen LogP contribution in [0.3, 0.4) is 0 Å². The van der Waals surface area contributed by atoms with E-state index in [0.717, 1.165) is 23.5 Å². The zero-order valence-electron chi connectivity index (χ0n) is 14.1. The second-order valence-corrected chi connectivity index (χ2v) is 7.16. The first-order valence-electron chi connectivity index (χ1n) is 8.33. The molecule has 2 heterocycles. The molecule has 2 atom stereocenters. The molecule has 0 fully saturated rings. The molecule has 1 aromatic heterocycles. The van der Waals surface area contributed by atoms with Crippen LogP contribution in [0.5, 0.6) is 0 Å². The van der Waals surface area contributed by atoms with E-state index in [0.29, 0.717) is 19.0 Å². The van der Waals surface area contributed by atoms with Crippen LogP contribution in [0.4, 0.5) is 0 Å². The minimum absolute atomic E-state index is 0.0804. The number of benzene rings is 1. The van der Waals surface area contributed by atoms with Gasteiger partial charge in [-0.1, -0.05) is 37.3 Å². The molecule has 128 valence electrons. The van der Waals surface area contributed by atoms with Gasteiger partial charge < -0.3 is 9.88 Å². The predicted octanol–water partition coefficient (Wildman–Crippen LogP) is 2.77. The van der Waals surface area contributed by atoms with Crippen molar-refractivity contribution < 1.29 is 4.79 Å². The van der Waals surface area contributed by atoms with Gasteiger partial charge in [-0.25, -0.2) is 4.98 Å². The van der Waals surface area contributed by atoms with Crippen LogP contribution in [0.1, 0.15) is 31.2 Å². The lowest BCUT2D eigenvalue weighted by Crippen LogP contribution is -2.48. The Balaban J connectivity index is 1.54. The molecule has 0 spiro atoms. The number of nitrogens with one attached hydrogen (secondary N) is 1. The monoisotopic (exact) mass is 390 g/mol. The molecular weight excluding hydrogens is 368 g/mol. The minimum atomic E-state index is -0.155. The SMILES string of the molecule is C[C@H](C(=O)NC[C@H](C)c1ccccc1)N1CCn2c(Br)cnc2C1. The van der Waals surface area contributed by atoms with Crippen LogP contribution in [0.25, 0.3) is 0 Å². The van der Waals surface area contributed by atoms with Crippen molar-refractivity contribution in [2.75, 3.05) is 13.1 Å². The van der Waals surface area contributed by atoms with Crippen LogP contribution in [-0.2, 0) is 17.9 Å². The molecule has 1 aliphatic rings. The summed E-state index contributed by atoms with van der Waals surface area (Å²) in [7, 11) is 0. The first kappa shape index (κ1) is 17.2. The smallest absolute Gasteiger partial charge is 0.237 e. The van der Waals surface area contributed by atoms with Gasteiger partial charge >= 0.3 is 0 Å². The molecule has 1 aliphatic heterocycles. The van der Waals surface area contributed by atoms with Crippen molar-refractivity contribution in [1.29, 1.82) is 0 Å². The average Bonchev–Trinajstić information content (AvgIpc) is 3.00. The summed E-state index contributed by atoms with van der Waals surface area (Å²) in [5, 5.41) is 3.09. The average molecular weight is 391 g/mol. The summed E-state index contributed by atoms with van der Waals surface area (Å²) in [4.78, 5) is 19.1. The molecule has 0 bridgehead atoms. The zero-order valence-corrected chi connectivity index (χ0v) is 15.7. The van der Waals surface area contributed by atoms with E-state index in [1.165, 1.54) is 5.56 Å². The molecule has 3 rings (SSSR count). The van der Waals surface area contributed by atoms with Gasteiger partial charge in [0.15, 0.2) is 0 Å². The summed E-state index contributed by atoms with van der Waals surface area (Å²) in [5.41, 5.74) is 1.25. The summed E-state index contributed by atoms with van der Waals surface area (Å²) in [6, 6.07) is 10.1. The van der Waals surface area contributed by atoms with E-state index in [4.69, 9.17) is 0 Å². The Hall–Kier alpha value is -1.66.